The summed E-state index contributed by atoms with van der Waals surface area (Å²) in [5.74, 6) is 0.115. The second-order valence-electron chi connectivity index (χ2n) is 3.52. The third-order valence-corrected chi connectivity index (χ3v) is 2.49. The highest BCUT2D eigenvalue weighted by Crippen LogP contribution is 2.24. The van der Waals surface area contributed by atoms with Gasteiger partial charge < -0.3 is 5.32 Å². The molecule has 2 rings (SSSR count). The molecule has 67 valence electrons. The van der Waals surface area contributed by atoms with Crippen molar-refractivity contribution in [3.8, 4) is 0 Å². The van der Waals surface area contributed by atoms with Crippen molar-refractivity contribution in [2.45, 2.75) is 26.7 Å². The number of hydrogen-bond acceptors (Lipinski definition) is 1. The monoisotopic (exact) mass is 174 g/mol. The third kappa shape index (κ3) is 1.44. The number of carbonyl (C=O) groups is 1. The van der Waals surface area contributed by atoms with Crippen molar-refractivity contribution in [3.63, 3.8) is 0 Å². The number of benzene rings is 1. The SMILES string of the molecule is Cc1[c]c2c(cc1C)NC(=O)CC2. The Morgan fingerprint density at radius 2 is 2.15 bits per heavy atom. The first-order valence-corrected chi connectivity index (χ1v) is 4.49. The van der Waals surface area contributed by atoms with Crippen LogP contribution in [0.4, 0.5) is 5.69 Å². The lowest BCUT2D eigenvalue weighted by Crippen LogP contribution is -2.19. The average Bonchev–Trinajstić information content (AvgIpc) is 2.08. The molecule has 0 spiro atoms. The molecule has 0 saturated carbocycles. The van der Waals surface area contributed by atoms with Gasteiger partial charge in [-0.2, -0.15) is 0 Å². The third-order valence-electron chi connectivity index (χ3n) is 2.49. The van der Waals surface area contributed by atoms with Crippen molar-refractivity contribution < 1.29 is 4.79 Å². The zero-order valence-electron chi connectivity index (χ0n) is 7.90. The van der Waals surface area contributed by atoms with Crippen molar-refractivity contribution >= 4 is 11.6 Å². The number of amides is 1. The summed E-state index contributed by atoms with van der Waals surface area (Å²) in [6, 6.07) is 5.33. The highest BCUT2D eigenvalue weighted by atomic mass is 16.1. The van der Waals surface area contributed by atoms with Crippen molar-refractivity contribution in [3.05, 3.63) is 28.8 Å². The maximum Gasteiger partial charge on any atom is 0.224 e. The Morgan fingerprint density at radius 3 is 2.92 bits per heavy atom. The van der Waals surface area contributed by atoms with E-state index < -0.39 is 0 Å². The molecular weight excluding hydrogens is 162 g/mol. The molecule has 13 heavy (non-hydrogen) atoms. The molecule has 0 aromatic heterocycles. The summed E-state index contributed by atoms with van der Waals surface area (Å²) < 4.78 is 0. The Kier molecular flexibility index (Phi) is 1.83. The van der Waals surface area contributed by atoms with Crippen molar-refractivity contribution in [2.24, 2.45) is 0 Å². The van der Waals surface area contributed by atoms with E-state index in [1.807, 2.05) is 19.9 Å². The van der Waals surface area contributed by atoms with Crippen LogP contribution in [0.1, 0.15) is 23.1 Å². The van der Waals surface area contributed by atoms with E-state index in [1.54, 1.807) is 0 Å². The van der Waals surface area contributed by atoms with Gasteiger partial charge >= 0.3 is 0 Å². The van der Waals surface area contributed by atoms with Crippen LogP contribution in [0, 0.1) is 19.9 Å². The minimum absolute atomic E-state index is 0.115. The summed E-state index contributed by atoms with van der Waals surface area (Å²) in [6.45, 7) is 4.08. The lowest BCUT2D eigenvalue weighted by Gasteiger charge is -2.17. The highest BCUT2D eigenvalue weighted by molar-refractivity contribution is 5.94. The molecule has 1 N–H and O–H groups in total. The van der Waals surface area contributed by atoms with E-state index >= 15 is 0 Å². The fourth-order valence-corrected chi connectivity index (χ4v) is 1.56. The summed E-state index contributed by atoms with van der Waals surface area (Å²) in [5, 5.41) is 2.86. The standard InChI is InChI=1S/C11H12NO/c1-7-5-9-3-4-11(13)12-10(9)6-8(7)2/h6H,3-4H2,1-2H3,(H,12,13). The first kappa shape index (κ1) is 8.30. The number of rotatable bonds is 0. The number of fused-ring (bicyclic) bond motifs is 1. The van der Waals surface area contributed by atoms with Gasteiger partial charge in [-0.25, -0.2) is 0 Å². The zero-order valence-corrected chi connectivity index (χ0v) is 7.90. The number of carbonyl (C=O) groups excluding carboxylic acids is 1. The van der Waals surface area contributed by atoms with E-state index in [9.17, 15) is 4.79 Å². The number of hydrogen-bond donors (Lipinski definition) is 1. The summed E-state index contributed by atoms with van der Waals surface area (Å²) in [6.07, 6.45) is 1.41. The minimum atomic E-state index is 0.115. The van der Waals surface area contributed by atoms with Crippen LogP contribution in [0.25, 0.3) is 0 Å². The fraction of sp³-hybridized carbons (Fsp3) is 0.364. The van der Waals surface area contributed by atoms with Crippen molar-refractivity contribution in [1.82, 2.24) is 0 Å². The molecule has 1 aliphatic rings. The summed E-state index contributed by atoms with van der Waals surface area (Å²) >= 11 is 0. The first-order chi connectivity index (χ1) is 6.16. The van der Waals surface area contributed by atoms with Gasteiger partial charge in [-0.15, -0.1) is 0 Å². The van der Waals surface area contributed by atoms with Gasteiger partial charge in [-0.3, -0.25) is 4.79 Å². The Balaban J connectivity index is 2.49. The average molecular weight is 174 g/mol. The molecule has 1 aliphatic heterocycles. The molecule has 1 aromatic rings. The Hall–Kier alpha value is -1.31. The molecule has 0 fully saturated rings. The second kappa shape index (κ2) is 2.87. The van der Waals surface area contributed by atoms with Crippen LogP contribution in [0.5, 0.6) is 0 Å². The molecular formula is C11H12NO. The summed E-state index contributed by atoms with van der Waals surface area (Å²) in [4.78, 5) is 11.1. The largest absolute Gasteiger partial charge is 0.326 e. The van der Waals surface area contributed by atoms with Gasteiger partial charge in [0.15, 0.2) is 0 Å². The number of aryl methyl sites for hydroxylation is 3. The second-order valence-corrected chi connectivity index (χ2v) is 3.52. The highest BCUT2D eigenvalue weighted by Gasteiger charge is 2.15. The quantitative estimate of drug-likeness (QED) is 0.640. The van der Waals surface area contributed by atoms with Crippen molar-refractivity contribution in [2.75, 3.05) is 5.32 Å². The molecule has 0 saturated heterocycles. The lowest BCUT2D eigenvalue weighted by molar-refractivity contribution is -0.116. The van der Waals surface area contributed by atoms with E-state index in [0.29, 0.717) is 6.42 Å². The summed E-state index contributed by atoms with van der Waals surface area (Å²) in [7, 11) is 0. The van der Waals surface area contributed by atoms with Gasteiger partial charge in [0.1, 0.15) is 0 Å². The van der Waals surface area contributed by atoms with Crippen LogP contribution in [0.2, 0.25) is 0 Å². The molecule has 1 aromatic carbocycles. The fourth-order valence-electron chi connectivity index (χ4n) is 1.56. The topological polar surface area (TPSA) is 29.1 Å². The van der Waals surface area contributed by atoms with E-state index in [0.717, 1.165) is 17.7 Å². The molecule has 0 bridgehead atoms. The Morgan fingerprint density at radius 1 is 1.38 bits per heavy atom. The molecule has 0 unspecified atom stereocenters. The molecule has 1 heterocycles. The number of anilines is 1. The Labute approximate surface area is 78.0 Å². The molecule has 0 atom stereocenters. The van der Waals surface area contributed by atoms with Gasteiger partial charge in [0.25, 0.3) is 0 Å². The van der Waals surface area contributed by atoms with Gasteiger partial charge in [-0.1, -0.05) is 0 Å². The minimum Gasteiger partial charge on any atom is -0.326 e. The van der Waals surface area contributed by atoms with Gasteiger partial charge in [-0.05, 0) is 49.1 Å². The van der Waals surface area contributed by atoms with Crippen molar-refractivity contribution in [1.29, 1.82) is 0 Å². The van der Waals surface area contributed by atoms with Gasteiger partial charge in [0, 0.05) is 12.1 Å². The molecule has 0 aliphatic carbocycles. The zero-order chi connectivity index (χ0) is 9.42. The Bertz CT molecular complexity index is 369. The normalized spacial score (nSPS) is 15.1. The van der Waals surface area contributed by atoms with Crippen LogP contribution >= 0.6 is 0 Å². The van der Waals surface area contributed by atoms with Crippen LogP contribution in [0.3, 0.4) is 0 Å². The number of nitrogens with one attached hydrogen (secondary N) is 1. The van der Waals surface area contributed by atoms with Crippen LogP contribution < -0.4 is 5.32 Å². The lowest BCUT2D eigenvalue weighted by atomic mass is 9.98. The predicted octanol–water partition coefficient (Wildman–Crippen LogP) is 1.99. The maximum atomic E-state index is 11.1. The van der Waals surface area contributed by atoms with E-state index in [4.69, 9.17) is 0 Å². The smallest absolute Gasteiger partial charge is 0.224 e. The molecule has 2 heteroatoms. The summed E-state index contributed by atoms with van der Waals surface area (Å²) in [5.41, 5.74) is 4.44. The van der Waals surface area contributed by atoms with Gasteiger partial charge in [0.2, 0.25) is 5.91 Å². The first-order valence-electron chi connectivity index (χ1n) is 4.49. The van der Waals surface area contributed by atoms with Crippen LogP contribution in [-0.4, -0.2) is 5.91 Å². The molecule has 1 amide bonds. The van der Waals surface area contributed by atoms with E-state index in [-0.39, 0.29) is 5.91 Å². The molecule has 2 nitrogen and oxygen atoms in total. The van der Waals surface area contributed by atoms with E-state index in [2.05, 4.69) is 11.4 Å². The van der Waals surface area contributed by atoms with E-state index in [1.165, 1.54) is 11.1 Å². The predicted molar refractivity (Wildman–Crippen MR) is 51.7 cm³/mol. The molecule has 1 radical (unpaired) electrons. The van der Waals surface area contributed by atoms with Crippen LogP contribution in [0.15, 0.2) is 6.07 Å². The van der Waals surface area contributed by atoms with Gasteiger partial charge in [0.05, 0.1) is 0 Å². The van der Waals surface area contributed by atoms with Crippen LogP contribution in [-0.2, 0) is 11.2 Å². The maximum absolute atomic E-state index is 11.1.